The Hall–Kier alpha value is -2.75. The first kappa shape index (κ1) is 14.2. The van der Waals surface area contributed by atoms with E-state index in [4.69, 9.17) is 9.47 Å². The number of aryl methyl sites for hydroxylation is 1. The molecule has 0 radical (unpaired) electrons. The van der Waals surface area contributed by atoms with Crippen LogP contribution in [0.3, 0.4) is 0 Å². The standard InChI is InChI=1S/C18H17NO3/c1-12-11-15(17-19-9-10-22-17)7-8-16(12)13-3-5-14(6-4-13)18(20)21-2/h3-11,17,19H,1-2H3. The minimum atomic E-state index is -0.324. The molecule has 0 fully saturated rings. The first-order valence-corrected chi connectivity index (χ1v) is 7.05. The molecule has 4 nitrogen and oxygen atoms in total. The monoisotopic (exact) mass is 295 g/mol. The number of benzene rings is 2. The fraction of sp³-hybridized carbons (Fsp3) is 0.167. The molecule has 2 aromatic carbocycles. The summed E-state index contributed by atoms with van der Waals surface area (Å²) < 4.78 is 10.2. The van der Waals surface area contributed by atoms with E-state index in [2.05, 4.69) is 24.4 Å². The van der Waals surface area contributed by atoms with Gasteiger partial charge in [-0.3, -0.25) is 0 Å². The molecule has 1 heterocycles. The van der Waals surface area contributed by atoms with Crippen LogP contribution in [-0.2, 0) is 9.47 Å². The number of methoxy groups -OCH3 is 1. The zero-order valence-corrected chi connectivity index (χ0v) is 12.5. The van der Waals surface area contributed by atoms with Gasteiger partial charge in [-0.1, -0.05) is 24.3 Å². The topological polar surface area (TPSA) is 47.6 Å². The van der Waals surface area contributed by atoms with E-state index in [1.165, 1.54) is 7.11 Å². The van der Waals surface area contributed by atoms with Gasteiger partial charge < -0.3 is 14.8 Å². The number of hydrogen-bond donors (Lipinski definition) is 1. The lowest BCUT2D eigenvalue weighted by Crippen LogP contribution is -2.11. The Morgan fingerprint density at radius 3 is 2.55 bits per heavy atom. The number of hydrogen-bond acceptors (Lipinski definition) is 4. The van der Waals surface area contributed by atoms with Gasteiger partial charge >= 0.3 is 5.97 Å². The summed E-state index contributed by atoms with van der Waals surface area (Å²) in [7, 11) is 1.38. The third kappa shape index (κ3) is 2.68. The summed E-state index contributed by atoms with van der Waals surface area (Å²) in [6.07, 6.45) is 3.33. The molecule has 0 aliphatic carbocycles. The van der Waals surface area contributed by atoms with Crippen molar-refractivity contribution in [2.75, 3.05) is 7.11 Å². The molecule has 0 bridgehead atoms. The predicted molar refractivity (Wildman–Crippen MR) is 84.1 cm³/mol. The largest absolute Gasteiger partial charge is 0.473 e. The molecular weight excluding hydrogens is 278 g/mol. The van der Waals surface area contributed by atoms with Crippen LogP contribution in [0, 0.1) is 6.92 Å². The normalized spacial score (nSPS) is 16.0. The minimum absolute atomic E-state index is 0.116. The Kier molecular flexibility index (Phi) is 3.83. The van der Waals surface area contributed by atoms with E-state index < -0.39 is 0 Å². The van der Waals surface area contributed by atoms with Crippen molar-refractivity contribution in [3.05, 3.63) is 71.6 Å². The number of ether oxygens (including phenoxy) is 2. The van der Waals surface area contributed by atoms with E-state index in [1.807, 2.05) is 18.2 Å². The number of carbonyl (C=O) groups excluding carboxylic acids is 1. The average molecular weight is 295 g/mol. The molecule has 0 spiro atoms. The summed E-state index contributed by atoms with van der Waals surface area (Å²) >= 11 is 0. The van der Waals surface area contributed by atoms with Gasteiger partial charge in [0.2, 0.25) is 0 Å². The summed E-state index contributed by atoms with van der Waals surface area (Å²) in [4.78, 5) is 11.5. The molecule has 4 heteroatoms. The fourth-order valence-electron chi connectivity index (χ4n) is 2.54. The summed E-state index contributed by atoms with van der Waals surface area (Å²) in [6, 6.07) is 13.6. The first-order valence-electron chi connectivity index (χ1n) is 7.05. The van der Waals surface area contributed by atoms with Crippen LogP contribution in [0.15, 0.2) is 54.9 Å². The van der Waals surface area contributed by atoms with Crippen LogP contribution in [0.25, 0.3) is 11.1 Å². The van der Waals surface area contributed by atoms with Gasteiger partial charge in [0.25, 0.3) is 0 Å². The molecule has 2 aromatic rings. The molecule has 3 rings (SSSR count). The second-order valence-electron chi connectivity index (χ2n) is 5.13. The second-order valence-corrected chi connectivity index (χ2v) is 5.13. The lowest BCUT2D eigenvalue weighted by molar-refractivity contribution is 0.0601. The summed E-state index contributed by atoms with van der Waals surface area (Å²) in [6.45, 7) is 2.06. The molecule has 22 heavy (non-hydrogen) atoms. The molecule has 1 aliphatic heterocycles. The third-order valence-corrected chi connectivity index (χ3v) is 3.70. The van der Waals surface area contributed by atoms with E-state index in [0.717, 1.165) is 22.3 Å². The highest BCUT2D eigenvalue weighted by Crippen LogP contribution is 2.28. The summed E-state index contributed by atoms with van der Waals surface area (Å²) in [5.41, 5.74) is 4.98. The Balaban J connectivity index is 1.86. The smallest absolute Gasteiger partial charge is 0.337 e. The van der Waals surface area contributed by atoms with Crippen LogP contribution in [-0.4, -0.2) is 13.1 Å². The Morgan fingerprint density at radius 2 is 1.95 bits per heavy atom. The third-order valence-electron chi connectivity index (χ3n) is 3.70. The van der Waals surface area contributed by atoms with E-state index in [9.17, 15) is 4.79 Å². The van der Waals surface area contributed by atoms with Gasteiger partial charge in [-0.05, 0) is 41.8 Å². The van der Waals surface area contributed by atoms with E-state index in [0.29, 0.717) is 5.56 Å². The quantitative estimate of drug-likeness (QED) is 0.880. The van der Waals surface area contributed by atoms with Crippen LogP contribution in [0.4, 0.5) is 0 Å². The second kappa shape index (κ2) is 5.93. The maximum absolute atomic E-state index is 11.5. The molecule has 1 unspecified atom stereocenters. The lowest BCUT2D eigenvalue weighted by Gasteiger charge is -2.14. The zero-order chi connectivity index (χ0) is 15.5. The zero-order valence-electron chi connectivity index (χ0n) is 12.5. The van der Waals surface area contributed by atoms with E-state index in [-0.39, 0.29) is 12.2 Å². The van der Waals surface area contributed by atoms with Gasteiger partial charge in [-0.2, -0.15) is 0 Å². The Morgan fingerprint density at radius 1 is 1.18 bits per heavy atom. The SMILES string of the molecule is COC(=O)c1ccc(-c2ccc(C3NC=CO3)cc2C)cc1. The van der Waals surface area contributed by atoms with Gasteiger partial charge in [0, 0.05) is 11.8 Å². The number of carbonyl (C=O) groups is 1. The average Bonchev–Trinajstić information content (AvgIpc) is 3.09. The van der Waals surface area contributed by atoms with Gasteiger partial charge in [0.15, 0.2) is 6.23 Å². The van der Waals surface area contributed by atoms with Crippen molar-refractivity contribution < 1.29 is 14.3 Å². The number of esters is 1. The molecule has 0 saturated carbocycles. The van der Waals surface area contributed by atoms with Crippen molar-refractivity contribution in [1.29, 1.82) is 0 Å². The van der Waals surface area contributed by atoms with Crippen LogP contribution in [0.5, 0.6) is 0 Å². The Labute approximate surface area is 129 Å². The van der Waals surface area contributed by atoms with E-state index in [1.54, 1.807) is 24.6 Å². The van der Waals surface area contributed by atoms with Crippen LogP contribution in [0.1, 0.15) is 27.7 Å². The minimum Gasteiger partial charge on any atom is -0.473 e. The highest BCUT2D eigenvalue weighted by molar-refractivity contribution is 5.90. The maximum Gasteiger partial charge on any atom is 0.337 e. The summed E-state index contributed by atoms with van der Waals surface area (Å²) in [5.74, 6) is -0.324. The molecule has 0 aromatic heterocycles. The van der Waals surface area contributed by atoms with Crippen LogP contribution < -0.4 is 5.32 Å². The fourth-order valence-corrected chi connectivity index (χ4v) is 2.54. The highest BCUT2D eigenvalue weighted by atomic mass is 16.5. The van der Waals surface area contributed by atoms with Crippen molar-refractivity contribution in [2.45, 2.75) is 13.2 Å². The van der Waals surface area contributed by atoms with Crippen molar-refractivity contribution in [3.63, 3.8) is 0 Å². The molecular formula is C18H17NO3. The van der Waals surface area contributed by atoms with Crippen LogP contribution in [0.2, 0.25) is 0 Å². The van der Waals surface area contributed by atoms with Crippen molar-refractivity contribution >= 4 is 5.97 Å². The van der Waals surface area contributed by atoms with Crippen molar-refractivity contribution in [1.82, 2.24) is 5.32 Å². The van der Waals surface area contributed by atoms with Gasteiger partial charge in [-0.15, -0.1) is 0 Å². The molecule has 1 atom stereocenters. The molecule has 0 saturated heterocycles. The Bertz CT molecular complexity index is 712. The molecule has 1 aliphatic rings. The predicted octanol–water partition coefficient (Wildman–Crippen LogP) is 3.54. The van der Waals surface area contributed by atoms with Crippen molar-refractivity contribution in [2.24, 2.45) is 0 Å². The molecule has 112 valence electrons. The lowest BCUT2D eigenvalue weighted by atomic mass is 9.97. The number of rotatable bonds is 3. The number of nitrogens with one attached hydrogen (secondary N) is 1. The summed E-state index contributed by atoms with van der Waals surface area (Å²) in [5, 5.41) is 3.13. The first-order chi connectivity index (χ1) is 10.7. The van der Waals surface area contributed by atoms with E-state index >= 15 is 0 Å². The molecule has 1 N–H and O–H groups in total. The highest BCUT2D eigenvalue weighted by Gasteiger charge is 2.14. The van der Waals surface area contributed by atoms with Gasteiger partial charge in [0.05, 0.1) is 12.7 Å². The van der Waals surface area contributed by atoms with Gasteiger partial charge in [0.1, 0.15) is 6.26 Å². The van der Waals surface area contributed by atoms with Crippen LogP contribution >= 0.6 is 0 Å². The van der Waals surface area contributed by atoms with Crippen molar-refractivity contribution in [3.8, 4) is 11.1 Å². The molecule has 0 amide bonds. The van der Waals surface area contributed by atoms with Gasteiger partial charge in [-0.25, -0.2) is 4.79 Å². The maximum atomic E-state index is 11.5.